The fourth-order valence-corrected chi connectivity index (χ4v) is 2.00. The van der Waals surface area contributed by atoms with E-state index in [1.807, 2.05) is 31.2 Å². The Kier molecular flexibility index (Phi) is 3.87. The zero-order valence-corrected chi connectivity index (χ0v) is 11.2. The molecule has 0 amide bonds. The third-order valence-electron chi connectivity index (χ3n) is 2.86. The standard InChI is InChI=1S/C15H15ClFN/c1-10-3-5-12(14(16)7-10)9-18-13-6-4-11(2)15(17)8-13/h3-8,18H,9H2,1-2H3. The second-order valence-corrected chi connectivity index (χ2v) is 4.82. The fraction of sp³-hybridized carbons (Fsp3) is 0.200. The molecule has 0 radical (unpaired) electrons. The molecule has 0 aliphatic heterocycles. The monoisotopic (exact) mass is 263 g/mol. The summed E-state index contributed by atoms with van der Waals surface area (Å²) in [6, 6.07) is 11.0. The van der Waals surface area contributed by atoms with Crippen LogP contribution in [0, 0.1) is 19.7 Å². The molecule has 2 aromatic carbocycles. The number of nitrogens with one attached hydrogen (secondary N) is 1. The Balaban J connectivity index is 2.09. The van der Waals surface area contributed by atoms with Crippen molar-refractivity contribution in [2.75, 3.05) is 5.32 Å². The van der Waals surface area contributed by atoms with E-state index in [4.69, 9.17) is 11.6 Å². The van der Waals surface area contributed by atoms with E-state index in [1.54, 1.807) is 13.0 Å². The van der Waals surface area contributed by atoms with Gasteiger partial charge in [-0.05, 0) is 48.7 Å². The van der Waals surface area contributed by atoms with E-state index in [0.29, 0.717) is 12.1 Å². The molecule has 0 saturated carbocycles. The fourth-order valence-electron chi connectivity index (χ4n) is 1.70. The molecule has 94 valence electrons. The first-order valence-corrected chi connectivity index (χ1v) is 6.19. The van der Waals surface area contributed by atoms with Crippen LogP contribution in [0.25, 0.3) is 0 Å². The number of anilines is 1. The quantitative estimate of drug-likeness (QED) is 0.846. The van der Waals surface area contributed by atoms with Crippen molar-refractivity contribution >= 4 is 17.3 Å². The van der Waals surface area contributed by atoms with Crippen LogP contribution in [0.2, 0.25) is 5.02 Å². The van der Waals surface area contributed by atoms with Crippen molar-refractivity contribution in [3.8, 4) is 0 Å². The van der Waals surface area contributed by atoms with Crippen molar-refractivity contribution < 1.29 is 4.39 Å². The van der Waals surface area contributed by atoms with Gasteiger partial charge in [-0.15, -0.1) is 0 Å². The number of hydrogen-bond donors (Lipinski definition) is 1. The lowest BCUT2D eigenvalue weighted by atomic mass is 10.1. The lowest BCUT2D eigenvalue weighted by Gasteiger charge is -2.09. The second-order valence-electron chi connectivity index (χ2n) is 4.41. The van der Waals surface area contributed by atoms with Crippen LogP contribution < -0.4 is 5.32 Å². The molecule has 0 aromatic heterocycles. The van der Waals surface area contributed by atoms with Crippen LogP contribution in [0.5, 0.6) is 0 Å². The minimum atomic E-state index is -0.199. The molecule has 0 fully saturated rings. The SMILES string of the molecule is Cc1ccc(CNc2ccc(C)c(F)c2)c(Cl)c1. The highest BCUT2D eigenvalue weighted by Gasteiger charge is 2.02. The normalized spacial score (nSPS) is 10.4. The number of aryl methyl sites for hydroxylation is 2. The van der Waals surface area contributed by atoms with Crippen LogP contribution >= 0.6 is 11.6 Å². The molecule has 0 saturated heterocycles. The van der Waals surface area contributed by atoms with Crippen molar-refractivity contribution in [2.45, 2.75) is 20.4 Å². The Morgan fingerprint density at radius 1 is 1.11 bits per heavy atom. The molecule has 2 rings (SSSR count). The van der Waals surface area contributed by atoms with E-state index >= 15 is 0 Å². The maximum absolute atomic E-state index is 13.4. The largest absolute Gasteiger partial charge is 0.381 e. The minimum absolute atomic E-state index is 0.199. The highest BCUT2D eigenvalue weighted by Crippen LogP contribution is 2.20. The van der Waals surface area contributed by atoms with Crippen LogP contribution in [-0.2, 0) is 6.54 Å². The second kappa shape index (κ2) is 5.40. The van der Waals surface area contributed by atoms with Crippen molar-refractivity contribution in [3.05, 3.63) is 63.9 Å². The van der Waals surface area contributed by atoms with Crippen LogP contribution in [0.15, 0.2) is 36.4 Å². The van der Waals surface area contributed by atoms with E-state index in [1.165, 1.54) is 6.07 Å². The molecule has 0 aliphatic carbocycles. The van der Waals surface area contributed by atoms with Gasteiger partial charge in [-0.1, -0.05) is 29.8 Å². The predicted molar refractivity (Wildman–Crippen MR) is 74.7 cm³/mol. The maximum Gasteiger partial charge on any atom is 0.128 e. The molecule has 0 spiro atoms. The summed E-state index contributed by atoms with van der Waals surface area (Å²) < 4.78 is 13.4. The summed E-state index contributed by atoms with van der Waals surface area (Å²) >= 11 is 6.14. The molecule has 0 unspecified atom stereocenters. The first-order valence-electron chi connectivity index (χ1n) is 5.81. The van der Waals surface area contributed by atoms with Gasteiger partial charge in [0.05, 0.1) is 0 Å². The average Bonchev–Trinajstić information content (AvgIpc) is 2.32. The number of halogens is 2. The molecular weight excluding hydrogens is 249 g/mol. The van der Waals surface area contributed by atoms with E-state index < -0.39 is 0 Å². The van der Waals surface area contributed by atoms with Gasteiger partial charge >= 0.3 is 0 Å². The molecule has 0 aliphatic rings. The van der Waals surface area contributed by atoms with Crippen molar-refractivity contribution in [1.29, 1.82) is 0 Å². The van der Waals surface area contributed by atoms with Crippen molar-refractivity contribution in [1.82, 2.24) is 0 Å². The summed E-state index contributed by atoms with van der Waals surface area (Å²) in [6.07, 6.45) is 0. The van der Waals surface area contributed by atoms with E-state index in [0.717, 1.165) is 21.8 Å². The first kappa shape index (κ1) is 12.9. The third-order valence-corrected chi connectivity index (χ3v) is 3.22. The van der Waals surface area contributed by atoms with Gasteiger partial charge < -0.3 is 5.32 Å². The summed E-state index contributed by atoms with van der Waals surface area (Å²) in [7, 11) is 0. The highest BCUT2D eigenvalue weighted by atomic mass is 35.5. The van der Waals surface area contributed by atoms with Gasteiger partial charge in [-0.25, -0.2) is 4.39 Å². The molecule has 3 heteroatoms. The summed E-state index contributed by atoms with van der Waals surface area (Å²) in [6.45, 7) is 4.33. The lowest BCUT2D eigenvalue weighted by Crippen LogP contribution is -2.01. The Morgan fingerprint density at radius 3 is 2.56 bits per heavy atom. The van der Waals surface area contributed by atoms with Crippen molar-refractivity contribution in [3.63, 3.8) is 0 Å². The van der Waals surface area contributed by atoms with E-state index in [9.17, 15) is 4.39 Å². The molecule has 1 nitrogen and oxygen atoms in total. The summed E-state index contributed by atoms with van der Waals surface area (Å²) in [4.78, 5) is 0. The zero-order valence-electron chi connectivity index (χ0n) is 10.4. The van der Waals surface area contributed by atoms with Crippen molar-refractivity contribution in [2.24, 2.45) is 0 Å². The molecule has 0 atom stereocenters. The van der Waals surface area contributed by atoms with Gasteiger partial charge in [0.15, 0.2) is 0 Å². The number of hydrogen-bond acceptors (Lipinski definition) is 1. The third kappa shape index (κ3) is 3.02. The average molecular weight is 264 g/mol. The molecule has 18 heavy (non-hydrogen) atoms. The molecule has 0 bridgehead atoms. The topological polar surface area (TPSA) is 12.0 Å². The Hall–Kier alpha value is -1.54. The molecule has 0 heterocycles. The van der Waals surface area contributed by atoms with Gasteiger partial charge in [0, 0.05) is 17.3 Å². The Morgan fingerprint density at radius 2 is 1.89 bits per heavy atom. The van der Waals surface area contributed by atoms with E-state index in [2.05, 4.69) is 5.32 Å². The maximum atomic E-state index is 13.4. The van der Waals surface area contributed by atoms with Gasteiger partial charge in [0.1, 0.15) is 5.82 Å². The number of rotatable bonds is 3. The zero-order chi connectivity index (χ0) is 13.1. The highest BCUT2D eigenvalue weighted by molar-refractivity contribution is 6.31. The minimum Gasteiger partial charge on any atom is -0.381 e. The summed E-state index contributed by atoms with van der Waals surface area (Å²) in [5, 5.41) is 3.90. The summed E-state index contributed by atoms with van der Waals surface area (Å²) in [5.41, 5.74) is 3.54. The van der Waals surface area contributed by atoms with Crippen LogP contribution in [-0.4, -0.2) is 0 Å². The molecule has 1 N–H and O–H groups in total. The van der Waals surface area contributed by atoms with Gasteiger partial charge in [-0.3, -0.25) is 0 Å². The van der Waals surface area contributed by atoms with Gasteiger partial charge in [-0.2, -0.15) is 0 Å². The molecule has 2 aromatic rings. The van der Waals surface area contributed by atoms with E-state index in [-0.39, 0.29) is 5.82 Å². The summed E-state index contributed by atoms with van der Waals surface area (Å²) in [5.74, 6) is -0.199. The smallest absolute Gasteiger partial charge is 0.128 e. The Bertz CT molecular complexity index is 566. The van der Waals surface area contributed by atoms with Gasteiger partial charge in [0.25, 0.3) is 0 Å². The first-order chi connectivity index (χ1) is 8.56. The Labute approximate surface area is 112 Å². The van der Waals surface area contributed by atoms with Crippen LogP contribution in [0.4, 0.5) is 10.1 Å². The van der Waals surface area contributed by atoms with Crippen LogP contribution in [0.1, 0.15) is 16.7 Å². The molecular formula is C15H15ClFN. The number of benzene rings is 2. The van der Waals surface area contributed by atoms with Gasteiger partial charge in [0.2, 0.25) is 0 Å². The van der Waals surface area contributed by atoms with Crippen LogP contribution in [0.3, 0.4) is 0 Å². The lowest BCUT2D eigenvalue weighted by molar-refractivity contribution is 0.619. The predicted octanol–water partition coefficient (Wildman–Crippen LogP) is 4.71.